The second kappa shape index (κ2) is 9.61. The summed E-state index contributed by atoms with van der Waals surface area (Å²) in [7, 11) is 0. The zero-order valence-electron chi connectivity index (χ0n) is 18.0. The average molecular weight is 436 g/mol. The highest BCUT2D eigenvalue weighted by Crippen LogP contribution is 2.35. The van der Waals surface area contributed by atoms with Crippen LogP contribution in [-0.4, -0.2) is 0 Å². The van der Waals surface area contributed by atoms with E-state index in [4.69, 9.17) is 0 Å². The van der Waals surface area contributed by atoms with Gasteiger partial charge in [0.05, 0.1) is 0 Å². The van der Waals surface area contributed by atoms with Gasteiger partial charge in [-0.05, 0) is 90.6 Å². The van der Waals surface area contributed by atoms with E-state index in [1.165, 1.54) is 6.07 Å². The first-order valence-electron chi connectivity index (χ1n) is 11.0. The topological polar surface area (TPSA) is 0 Å². The molecule has 3 aromatic carbocycles. The third-order valence-corrected chi connectivity index (χ3v) is 6.14. The largest absolute Gasteiger partial charge is 0.204 e. The van der Waals surface area contributed by atoms with Crippen molar-refractivity contribution in [3.63, 3.8) is 0 Å². The molecular weight excluding hydrogens is 412 g/mol. The molecule has 1 aliphatic carbocycles. The van der Waals surface area contributed by atoms with Gasteiger partial charge in [0.2, 0.25) is 0 Å². The highest BCUT2D eigenvalue weighted by Gasteiger charge is 2.25. The van der Waals surface area contributed by atoms with Gasteiger partial charge in [0, 0.05) is 11.1 Å². The lowest BCUT2D eigenvalue weighted by atomic mass is 9.79. The number of benzene rings is 3. The van der Waals surface area contributed by atoms with Crippen LogP contribution in [0, 0.1) is 35.1 Å². The van der Waals surface area contributed by atoms with E-state index in [1.54, 1.807) is 12.1 Å². The Bertz CT molecular complexity index is 1200. The molecule has 32 heavy (non-hydrogen) atoms. The van der Waals surface area contributed by atoms with E-state index in [0.717, 1.165) is 54.5 Å². The number of hydrogen-bond acceptors (Lipinski definition) is 0. The van der Waals surface area contributed by atoms with Crippen LogP contribution in [0.15, 0.2) is 48.5 Å². The Labute approximate surface area is 186 Å². The molecule has 0 bridgehead atoms. The first-order chi connectivity index (χ1) is 15.5. The highest BCUT2D eigenvalue weighted by molar-refractivity contribution is 5.47. The molecule has 3 aromatic rings. The summed E-state index contributed by atoms with van der Waals surface area (Å²) in [5.74, 6) is 2.56. The fraction of sp³-hybridized carbons (Fsp3) is 0.286. The standard InChI is InChI=1S/C28H24F4/c1-2-3-4-20-12-13-24(28(32)27(20)31)23-11-10-21-15-18(7-9-22(21)17-23)5-6-19-8-14-25(29)26(30)16-19/h7-9,12-16,23H,2-4,10-11,17H2,1H3. The molecule has 0 nitrogen and oxygen atoms in total. The first kappa shape index (κ1) is 22.1. The van der Waals surface area contributed by atoms with Crippen LogP contribution in [0.25, 0.3) is 0 Å². The molecule has 0 aromatic heterocycles. The number of unbranched alkanes of at least 4 members (excludes halogenated alkanes) is 1. The van der Waals surface area contributed by atoms with Crippen molar-refractivity contribution in [2.75, 3.05) is 0 Å². The predicted molar refractivity (Wildman–Crippen MR) is 119 cm³/mol. The summed E-state index contributed by atoms with van der Waals surface area (Å²) in [6, 6.07) is 12.9. The molecule has 0 fully saturated rings. The van der Waals surface area contributed by atoms with E-state index >= 15 is 0 Å². The molecule has 1 aliphatic rings. The molecule has 164 valence electrons. The number of halogens is 4. The van der Waals surface area contributed by atoms with Crippen molar-refractivity contribution >= 4 is 0 Å². The Balaban J connectivity index is 1.51. The highest BCUT2D eigenvalue weighted by atomic mass is 19.2. The predicted octanol–water partition coefficient (Wildman–Crippen LogP) is 7.26. The number of rotatable bonds is 4. The van der Waals surface area contributed by atoms with Crippen LogP contribution in [-0.2, 0) is 19.3 Å². The van der Waals surface area contributed by atoms with Crippen LogP contribution in [0.1, 0.15) is 65.5 Å². The summed E-state index contributed by atoms with van der Waals surface area (Å²) in [6.45, 7) is 2.03. The summed E-state index contributed by atoms with van der Waals surface area (Å²) < 4.78 is 55.7. The molecule has 4 heteroatoms. The van der Waals surface area contributed by atoms with Crippen molar-refractivity contribution in [1.82, 2.24) is 0 Å². The first-order valence-corrected chi connectivity index (χ1v) is 11.0. The molecule has 0 saturated heterocycles. The zero-order valence-corrected chi connectivity index (χ0v) is 18.0. The molecule has 0 saturated carbocycles. The summed E-state index contributed by atoms with van der Waals surface area (Å²) in [4.78, 5) is 0. The lowest BCUT2D eigenvalue weighted by Crippen LogP contribution is -2.15. The van der Waals surface area contributed by atoms with Crippen LogP contribution in [0.4, 0.5) is 17.6 Å². The van der Waals surface area contributed by atoms with Crippen molar-refractivity contribution in [2.24, 2.45) is 0 Å². The molecule has 4 rings (SSSR count). The molecule has 1 unspecified atom stereocenters. The van der Waals surface area contributed by atoms with E-state index < -0.39 is 23.3 Å². The van der Waals surface area contributed by atoms with Crippen LogP contribution >= 0.6 is 0 Å². The maximum Gasteiger partial charge on any atom is 0.162 e. The van der Waals surface area contributed by atoms with Gasteiger partial charge < -0.3 is 0 Å². The van der Waals surface area contributed by atoms with Gasteiger partial charge in [-0.1, -0.05) is 43.4 Å². The lowest BCUT2D eigenvalue weighted by Gasteiger charge is -2.26. The molecule has 0 aliphatic heterocycles. The Hall–Kier alpha value is -3.06. The fourth-order valence-corrected chi connectivity index (χ4v) is 4.30. The quantitative estimate of drug-likeness (QED) is 0.298. The van der Waals surface area contributed by atoms with Crippen LogP contribution in [0.3, 0.4) is 0 Å². The van der Waals surface area contributed by atoms with E-state index in [1.807, 2.05) is 25.1 Å². The third kappa shape index (κ3) is 4.72. The van der Waals surface area contributed by atoms with Crippen molar-refractivity contribution in [3.8, 4) is 11.8 Å². The Morgan fingerprint density at radius 2 is 1.56 bits per heavy atom. The fourth-order valence-electron chi connectivity index (χ4n) is 4.30. The Morgan fingerprint density at radius 1 is 0.812 bits per heavy atom. The van der Waals surface area contributed by atoms with Gasteiger partial charge in [0.25, 0.3) is 0 Å². The van der Waals surface area contributed by atoms with Gasteiger partial charge in [-0.2, -0.15) is 0 Å². The van der Waals surface area contributed by atoms with Crippen LogP contribution < -0.4 is 0 Å². The number of fused-ring (bicyclic) bond motifs is 1. The molecule has 1 atom stereocenters. The van der Waals surface area contributed by atoms with Crippen molar-refractivity contribution < 1.29 is 17.6 Å². The molecule has 0 amide bonds. The Kier molecular flexibility index (Phi) is 6.65. The molecule has 0 radical (unpaired) electrons. The van der Waals surface area contributed by atoms with Gasteiger partial charge >= 0.3 is 0 Å². The monoisotopic (exact) mass is 436 g/mol. The maximum absolute atomic E-state index is 14.8. The lowest BCUT2D eigenvalue weighted by molar-refractivity contribution is 0.466. The molecule has 0 N–H and O–H groups in total. The van der Waals surface area contributed by atoms with Crippen molar-refractivity contribution in [1.29, 1.82) is 0 Å². The SMILES string of the molecule is CCCCc1ccc(C2CCc3cc(C#Cc4ccc(F)c(F)c4)ccc3C2)c(F)c1F. The Morgan fingerprint density at radius 3 is 2.31 bits per heavy atom. The molecular formula is C28H24F4. The van der Waals surface area contributed by atoms with Crippen LogP contribution in [0.2, 0.25) is 0 Å². The van der Waals surface area contributed by atoms with Gasteiger partial charge in [-0.3, -0.25) is 0 Å². The van der Waals surface area contributed by atoms with Crippen molar-refractivity contribution in [2.45, 2.75) is 51.4 Å². The number of hydrogen-bond donors (Lipinski definition) is 0. The second-order valence-corrected chi connectivity index (χ2v) is 8.35. The summed E-state index contributed by atoms with van der Waals surface area (Å²) in [6.07, 6.45) is 4.47. The smallest absolute Gasteiger partial charge is 0.162 e. The van der Waals surface area contributed by atoms with Gasteiger partial charge in [0.1, 0.15) is 0 Å². The second-order valence-electron chi connectivity index (χ2n) is 8.35. The van der Waals surface area contributed by atoms with Crippen molar-refractivity contribution in [3.05, 3.63) is 105 Å². The minimum absolute atomic E-state index is 0.0589. The summed E-state index contributed by atoms with van der Waals surface area (Å²) in [5.41, 5.74) is 4.34. The summed E-state index contributed by atoms with van der Waals surface area (Å²) >= 11 is 0. The van der Waals surface area contributed by atoms with E-state index in [2.05, 4.69) is 11.8 Å². The van der Waals surface area contributed by atoms with Gasteiger partial charge in [-0.15, -0.1) is 0 Å². The minimum Gasteiger partial charge on any atom is -0.204 e. The van der Waals surface area contributed by atoms with E-state index in [-0.39, 0.29) is 5.92 Å². The average Bonchev–Trinajstić information content (AvgIpc) is 2.80. The third-order valence-electron chi connectivity index (χ3n) is 6.14. The minimum atomic E-state index is -0.921. The number of aryl methyl sites for hydroxylation is 2. The van der Waals surface area contributed by atoms with Gasteiger partial charge in [0.15, 0.2) is 23.3 Å². The normalized spacial score (nSPS) is 15.1. The van der Waals surface area contributed by atoms with E-state index in [0.29, 0.717) is 29.5 Å². The van der Waals surface area contributed by atoms with Gasteiger partial charge in [-0.25, -0.2) is 17.6 Å². The van der Waals surface area contributed by atoms with Crippen LogP contribution in [0.5, 0.6) is 0 Å². The zero-order chi connectivity index (χ0) is 22.7. The molecule has 0 heterocycles. The van der Waals surface area contributed by atoms with E-state index in [9.17, 15) is 17.6 Å². The summed E-state index contributed by atoms with van der Waals surface area (Å²) in [5, 5.41) is 0. The molecule has 0 spiro atoms. The maximum atomic E-state index is 14.8.